The predicted octanol–water partition coefficient (Wildman–Crippen LogP) is 9.65. The number of unbranched alkanes of at least 4 members (excludes halogenated alkanes) is 6. The highest BCUT2D eigenvalue weighted by atomic mass is 16.2. The van der Waals surface area contributed by atoms with Crippen LogP contribution >= 0.6 is 0 Å². The van der Waals surface area contributed by atoms with E-state index in [2.05, 4.69) is 13.8 Å². The van der Waals surface area contributed by atoms with E-state index in [4.69, 9.17) is 0 Å². The molecule has 0 saturated heterocycles. The van der Waals surface area contributed by atoms with E-state index in [9.17, 15) is 19.2 Å². The van der Waals surface area contributed by atoms with Crippen molar-refractivity contribution in [1.82, 2.24) is 9.80 Å². The Hall–Kier alpha value is -4.32. The zero-order valence-corrected chi connectivity index (χ0v) is 27.4. The third kappa shape index (κ3) is 4.44. The number of benzene rings is 5. The molecule has 0 aliphatic carbocycles. The first-order valence-corrected chi connectivity index (χ1v) is 17.3. The van der Waals surface area contributed by atoms with Gasteiger partial charge < -0.3 is 0 Å². The van der Waals surface area contributed by atoms with Crippen LogP contribution in [0.15, 0.2) is 48.5 Å². The number of carbonyl (C=O) groups excluding carboxylic acids is 4. The SMILES string of the molecule is CCCCCCC(C)N1C(=O)c2ccc3c4ccc5c6c(ccc(c7ccc(c2c37)C1=O)c64)C(=O)N(C(C)CCCCCC)C5=O. The molecule has 2 aliphatic heterocycles. The highest BCUT2D eigenvalue weighted by molar-refractivity contribution is 6.41. The Morgan fingerprint density at radius 2 is 0.739 bits per heavy atom. The van der Waals surface area contributed by atoms with Crippen molar-refractivity contribution in [3.8, 4) is 0 Å². The number of nitrogens with zero attached hydrogens (tertiary/aromatic N) is 2. The fourth-order valence-corrected chi connectivity index (χ4v) is 8.10. The van der Waals surface area contributed by atoms with Crippen molar-refractivity contribution in [2.75, 3.05) is 0 Å². The topological polar surface area (TPSA) is 74.8 Å². The smallest absolute Gasteiger partial charge is 0.261 e. The molecule has 2 aliphatic rings. The van der Waals surface area contributed by atoms with Crippen molar-refractivity contribution < 1.29 is 19.2 Å². The third-order valence-electron chi connectivity index (χ3n) is 10.5. The van der Waals surface area contributed by atoms with Crippen molar-refractivity contribution in [1.29, 1.82) is 0 Å². The lowest BCUT2D eigenvalue weighted by molar-refractivity contribution is 0.0526. The minimum Gasteiger partial charge on any atom is -0.272 e. The summed E-state index contributed by atoms with van der Waals surface area (Å²) in [7, 11) is 0. The zero-order chi connectivity index (χ0) is 32.3. The predicted molar refractivity (Wildman–Crippen MR) is 185 cm³/mol. The van der Waals surface area contributed by atoms with Crippen molar-refractivity contribution in [2.45, 2.75) is 104 Å². The molecule has 5 aromatic rings. The maximum absolute atomic E-state index is 13.9. The number of fused-ring (bicyclic) bond motifs is 2. The summed E-state index contributed by atoms with van der Waals surface area (Å²) in [6.45, 7) is 8.30. The Morgan fingerprint density at radius 3 is 1.02 bits per heavy atom. The van der Waals surface area contributed by atoms with Crippen LogP contribution in [0.1, 0.15) is 133 Å². The highest BCUT2D eigenvalue weighted by Crippen LogP contribution is 2.46. The minimum atomic E-state index is -0.236. The van der Waals surface area contributed by atoms with E-state index in [1.807, 2.05) is 62.4 Å². The molecule has 0 saturated carbocycles. The molecular formula is C40H42N2O4. The Bertz CT molecular complexity index is 1790. The first-order valence-electron chi connectivity index (χ1n) is 17.3. The molecular weight excluding hydrogens is 572 g/mol. The molecule has 0 fully saturated rings. The monoisotopic (exact) mass is 614 g/mol. The second-order valence-electron chi connectivity index (χ2n) is 13.5. The van der Waals surface area contributed by atoms with E-state index in [1.165, 1.54) is 9.80 Å². The largest absolute Gasteiger partial charge is 0.272 e. The maximum atomic E-state index is 13.9. The van der Waals surface area contributed by atoms with Gasteiger partial charge in [-0.25, -0.2) is 0 Å². The Morgan fingerprint density at radius 1 is 0.435 bits per heavy atom. The van der Waals surface area contributed by atoms with Crippen LogP contribution in [0, 0.1) is 0 Å². The van der Waals surface area contributed by atoms with Gasteiger partial charge in [-0.3, -0.25) is 29.0 Å². The van der Waals surface area contributed by atoms with Gasteiger partial charge in [-0.05, 0) is 83.3 Å². The van der Waals surface area contributed by atoms with Crippen LogP contribution in [-0.2, 0) is 0 Å². The standard InChI is InChI=1S/C40H42N2O4/c1-5-7-9-11-13-23(3)41-37(43)29-19-15-25-27-17-21-31-36-32(40(46)42(39(31)45)24(4)14-12-10-8-6-2)22-18-28(34(27)36)26-16-20-30(38(41)44)35(29)33(25)26/h15-24H,5-14H2,1-4H3. The minimum absolute atomic E-state index is 0.183. The first kappa shape index (κ1) is 30.3. The van der Waals surface area contributed by atoms with Gasteiger partial charge in [0.2, 0.25) is 0 Å². The molecule has 0 radical (unpaired) electrons. The summed E-state index contributed by atoms with van der Waals surface area (Å²) in [5.41, 5.74) is 2.22. The summed E-state index contributed by atoms with van der Waals surface area (Å²) in [5.74, 6) is -0.943. The van der Waals surface area contributed by atoms with E-state index in [1.54, 1.807) is 0 Å². The number of carbonyl (C=O) groups is 4. The molecule has 6 nitrogen and oxygen atoms in total. The second-order valence-corrected chi connectivity index (χ2v) is 13.5. The summed E-state index contributed by atoms with van der Waals surface area (Å²) >= 11 is 0. The molecule has 5 aromatic carbocycles. The summed E-state index contributed by atoms with van der Waals surface area (Å²) in [6.07, 6.45) is 10.3. The van der Waals surface area contributed by atoms with E-state index in [0.29, 0.717) is 33.0 Å². The molecule has 0 N–H and O–H groups in total. The van der Waals surface area contributed by atoms with Gasteiger partial charge in [-0.2, -0.15) is 0 Å². The molecule has 2 unspecified atom stereocenters. The van der Waals surface area contributed by atoms with Crippen molar-refractivity contribution in [3.05, 3.63) is 70.8 Å². The number of amides is 4. The Labute approximate surface area is 270 Å². The van der Waals surface area contributed by atoms with Gasteiger partial charge in [0, 0.05) is 45.1 Å². The quantitative estimate of drug-likeness (QED) is 0.0607. The van der Waals surface area contributed by atoms with Gasteiger partial charge in [0.25, 0.3) is 23.6 Å². The molecule has 2 atom stereocenters. The number of hydrogen-bond donors (Lipinski definition) is 0. The fourth-order valence-electron chi connectivity index (χ4n) is 8.10. The number of imide groups is 2. The highest BCUT2D eigenvalue weighted by Gasteiger charge is 2.39. The van der Waals surface area contributed by atoms with Crippen LogP contribution in [0.2, 0.25) is 0 Å². The molecule has 4 amide bonds. The lowest BCUT2D eigenvalue weighted by Crippen LogP contribution is -2.46. The fraction of sp³-hybridized carbons (Fsp3) is 0.400. The molecule has 6 heteroatoms. The second kappa shape index (κ2) is 11.8. The number of rotatable bonds is 12. The third-order valence-corrected chi connectivity index (χ3v) is 10.5. The van der Waals surface area contributed by atoms with Gasteiger partial charge in [0.05, 0.1) is 0 Å². The van der Waals surface area contributed by atoms with Gasteiger partial charge >= 0.3 is 0 Å². The molecule has 7 rings (SSSR count). The van der Waals surface area contributed by atoms with Crippen molar-refractivity contribution in [2.24, 2.45) is 0 Å². The lowest BCUT2D eigenvalue weighted by Gasteiger charge is -2.34. The lowest BCUT2D eigenvalue weighted by atomic mass is 9.82. The van der Waals surface area contributed by atoms with Crippen LogP contribution in [0.3, 0.4) is 0 Å². The van der Waals surface area contributed by atoms with Gasteiger partial charge in [-0.1, -0.05) is 89.5 Å². The normalized spacial score (nSPS) is 16.2. The van der Waals surface area contributed by atoms with Crippen molar-refractivity contribution in [3.63, 3.8) is 0 Å². The van der Waals surface area contributed by atoms with Crippen LogP contribution in [0.4, 0.5) is 0 Å². The zero-order valence-electron chi connectivity index (χ0n) is 27.4. The van der Waals surface area contributed by atoms with Crippen LogP contribution in [0.25, 0.3) is 43.1 Å². The molecule has 236 valence electrons. The summed E-state index contributed by atoms with van der Waals surface area (Å²) in [5, 5.41) is 6.85. The Kier molecular flexibility index (Phi) is 7.78. The first-order chi connectivity index (χ1) is 22.3. The van der Waals surface area contributed by atoms with E-state index in [-0.39, 0.29) is 35.7 Å². The number of hydrogen-bond acceptors (Lipinski definition) is 4. The average molecular weight is 615 g/mol. The molecule has 46 heavy (non-hydrogen) atoms. The molecule has 2 heterocycles. The average Bonchev–Trinajstić information content (AvgIpc) is 3.05. The van der Waals surface area contributed by atoms with E-state index in [0.717, 1.165) is 96.5 Å². The van der Waals surface area contributed by atoms with Crippen LogP contribution in [-0.4, -0.2) is 45.5 Å². The van der Waals surface area contributed by atoms with E-state index >= 15 is 0 Å². The van der Waals surface area contributed by atoms with Gasteiger partial charge in [0.15, 0.2) is 0 Å². The summed E-state index contributed by atoms with van der Waals surface area (Å²) in [6, 6.07) is 15.0. The maximum Gasteiger partial charge on any atom is 0.261 e. The van der Waals surface area contributed by atoms with E-state index < -0.39 is 0 Å². The molecule has 0 spiro atoms. The summed E-state index contributed by atoms with van der Waals surface area (Å²) in [4.78, 5) is 58.6. The van der Waals surface area contributed by atoms with Crippen LogP contribution < -0.4 is 0 Å². The van der Waals surface area contributed by atoms with Crippen molar-refractivity contribution >= 4 is 66.7 Å². The van der Waals surface area contributed by atoms with Crippen LogP contribution in [0.5, 0.6) is 0 Å². The van der Waals surface area contributed by atoms with Gasteiger partial charge in [0.1, 0.15) is 0 Å². The molecule has 0 bridgehead atoms. The summed E-state index contributed by atoms with van der Waals surface area (Å²) < 4.78 is 0. The molecule has 0 aromatic heterocycles. The van der Waals surface area contributed by atoms with Gasteiger partial charge in [-0.15, -0.1) is 0 Å². The Balaban J connectivity index is 1.35.